The van der Waals surface area contributed by atoms with Gasteiger partial charge in [0.15, 0.2) is 0 Å². The standard InChI is InChI=1S/C10H14NO5P/c1-11-9(10(12)13)8-4-2-7(3-5-8)6-17(14,15)16/h2-5,9,11H,6H2,1H3,(H,12,13)(H2,14,15,16). The van der Waals surface area contributed by atoms with E-state index in [0.29, 0.717) is 11.1 Å². The normalized spacial score (nSPS) is 13.4. The van der Waals surface area contributed by atoms with Crippen LogP contribution in [0.2, 0.25) is 0 Å². The van der Waals surface area contributed by atoms with E-state index >= 15 is 0 Å². The second-order valence-corrected chi connectivity index (χ2v) is 5.27. The summed E-state index contributed by atoms with van der Waals surface area (Å²) in [5.41, 5.74) is 1.01. The van der Waals surface area contributed by atoms with Gasteiger partial charge in [-0.25, -0.2) is 0 Å². The number of likely N-dealkylation sites (N-methyl/N-ethyl adjacent to an activating group) is 1. The van der Waals surface area contributed by atoms with Crippen LogP contribution >= 0.6 is 7.60 Å². The van der Waals surface area contributed by atoms with Gasteiger partial charge >= 0.3 is 13.6 Å². The van der Waals surface area contributed by atoms with Gasteiger partial charge in [0.25, 0.3) is 0 Å². The number of carboxylic acids is 1. The zero-order chi connectivity index (χ0) is 13.1. The highest BCUT2D eigenvalue weighted by Gasteiger charge is 2.18. The van der Waals surface area contributed by atoms with Crippen LogP contribution in [0, 0.1) is 0 Å². The van der Waals surface area contributed by atoms with Crippen LogP contribution < -0.4 is 5.32 Å². The first kappa shape index (κ1) is 13.9. The van der Waals surface area contributed by atoms with E-state index in [0.717, 1.165) is 0 Å². The summed E-state index contributed by atoms with van der Waals surface area (Å²) >= 11 is 0. The number of carbonyl (C=O) groups is 1. The van der Waals surface area contributed by atoms with E-state index in [9.17, 15) is 9.36 Å². The maximum atomic E-state index is 10.9. The van der Waals surface area contributed by atoms with Gasteiger partial charge in [-0.1, -0.05) is 24.3 Å². The molecule has 0 fully saturated rings. The topological polar surface area (TPSA) is 107 Å². The van der Waals surface area contributed by atoms with Crippen LogP contribution in [0.5, 0.6) is 0 Å². The molecule has 0 aliphatic rings. The fourth-order valence-corrected chi connectivity index (χ4v) is 2.17. The Hall–Kier alpha value is -1.20. The van der Waals surface area contributed by atoms with Crippen molar-refractivity contribution in [3.05, 3.63) is 35.4 Å². The molecule has 0 saturated heterocycles. The number of nitrogens with one attached hydrogen (secondary N) is 1. The van der Waals surface area contributed by atoms with E-state index in [1.807, 2.05) is 0 Å². The lowest BCUT2D eigenvalue weighted by atomic mass is 10.1. The Bertz CT molecular complexity index is 439. The number of rotatable bonds is 5. The summed E-state index contributed by atoms with van der Waals surface area (Å²) in [5, 5.41) is 11.5. The lowest BCUT2D eigenvalue weighted by Crippen LogP contribution is -2.24. The molecule has 0 bridgehead atoms. The molecule has 0 heterocycles. The Kier molecular flexibility index (Phi) is 4.42. The Morgan fingerprint density at radius 2 is 1.88 bits per heavy atom. The maximum Gasteiger partial charge on any atom is 0.329 e. The average molecular weight is 259 g/mol. The van der Waals surface area contributed by atoms with E-state index in [4.69, 9.17) is 14.9 Å². The molecule has 1 atom stereocenters. The van der Waals surface area contributed by atoms with E-state index in [-0.39, 0.29) is 6.16 Å². The lowest BCUT2D eigenvalue weighted by Gasteiger charge is -2.12. The van der Waals surface area contributed by atoms with Gasteiger partial charge in [-0.05, 0) is 18.2 Å². The third-order valence-corrected chi connectivity index (χ3v) is 3.01. The molecule has 4 N–H and O–H groups in total. The minimum atomic E-state index is -4.08. The summed E-state index contributed by atoms with van der Waals surface area (Å²) in [4.78, 5) is 28.4. The smallest absolute Gasteiger partial charge is 0.329 e. The predicted octanol–water partition coefficient (Wildman–Crippen LogP) is 0.709. The SMILES string of the molecule is CNC(C(=O)O)c1ccc(CP(=O)(O)O)cc1. The van der Waals surface area contributed by atoms with Crippen molar-refractivity contribution in [3.63, 3.8) is 0 Å². The first-order valence-electron chi connectivity index (χ1n) is 4.87. The van der Waals surface area contributed by atoms with E-state index in [1.54, 1.807) is 12.1 Å². The van der Waals surface area contributed by atoms with Crippen LogP contribution in [0.3, 0.4) is 0 Å². The summed E-state index contributed by atoms with van der Waals surface area (Å²) in [6.45, 7) is 0. The molecule has 0 aliphatic heterocycles. The highest BCUT2D eigenvalue weighted by atomic mass is 31.2. The third kappa shape index (κ3) is 4.28. The molecule has 1 aromatic carbocycles. The van der Waals surface area contributed by atoms with Crippen molar-refractivity contribution < 1.29 is 24.3 Å². The molecule has 0 saturated carbocycles. The number of hydrogen-bond donors (Lipinski definition) is 4. The maximum absolute atomic E-state index is 10.9. The Labute approximate surface area is 98.4 Å². The zero-order valence-electron chi connectivity index (χ0n) is 9.20. The molecule has 1 unspecified atom stereocenters. The fourth-order valence-electron chi connectivity index (χ4n) is 1.49. The van der Waals surface area contributed by atoms with Crippen LogP contribution in [0.15, 0.2) is 24.3 Å². The minimum Gasteiger partial charge on any atom is -0.480 e. The Balaban J connectivity index is 2.87. The first-order valence-corrected chi connectivity index (χ1v) is 6.67. The average Bonchev–Trinajstić information content (AvgIpc) is 2.18. The van der Waals surface area contributed by atoms with E-state index in [1.165, 1.54) is 19.2 Å². The zero-order valence-corrected chi connectivity index (χ0v) is 10.1. The van der Waals surface area contributed by atoms with Crippen molar-refractivity contribution in [2.45, 2.75) is 12.2 Å². The molecule has 6 nitrogen and oxygen atoms in total. The summed E-state index contributed by atoms with van der Waals surface area (Å²) in [6.07, 6.45) is -0.343. The van der Waals surface area contributed by atoms with Gasteiger partial charge in [0.1, 0.15) is 6.04 Å². The van der Waals surface area contributed by atoms with Crippen molar-refractivity contribution >= 4 is 13.6 Å². The molecular weight excluding hydrogens is 245 g/mol. The molecule has 0 aromatic heterocycles. The van der Waals surface area contributed by atoms with Gasteiger partial charge in [0.05, 0.1) is 6.16 Å². The summed E-state index contributed by atoms with van der Waals surface area (Å²) < 4.78 is 10.8. The molecule has 1 aromatic rings. The van der Waals surface area contributed by atoms with Crippen LogP contribution in [-0.2, 0) is 15.5 Å². The molecular formula is C10H14NO5P. The lowest BCUT2D eigenvalue weighted by molar-refractivity contribution is -0.139. The third-order valence-electron chi connectivity index (χ3n) is 2.24. The Morgan fingerprint density at radius 1 is 1.35 bits per heavy atom. The fraction of sp³-hybridized carbons (Fsp3) is 0.300. The quantitative estimate of drug-likeness (QED) is 0.580. The van der Waals surface area contributed by atoms with Crippen molar-refractivity contribution in [1.29, 1.82) is 0 Å². The van der Waals surface area contributed by atoms with Gasteiger partial charge in [0.2, 0.25) is 0 Å². The van der Waals surface area contributed by atoms with Crippen LogP contribution in [-0.4, -0.2) is 27.9 Å². The summed E-state index contributed by atoms with van der Waals surface area (Å²) in [5.74, 6) is -1.00. The van der Waals surface area contributed by atoms with Gasteiger partial charge in [0, 0.05) is 0 Å². The van der Waals surface area contributed by atoms with Gasteiger partial charge < -0.3 is 20.2 Å². The number of hydrogen-bond acceptors (Lipinski definition) is 3. The predicted molar refractivity (Wildman–Crippen MR) is 61.6 cm³/mol. The molecule has 0 amide bonds. The Morgan fingerprint density at radius 3 is 2.24 bits per heavy atom. The van der Waals surface area contributed by atoms with E-state index in [2.05, 4.69) is 5.32 Å². The van der Waals surface area contributed by atoms with Crippen molar-refractivity contribution in [2.75, 3.05) is 7.05 Å². The molecule has 0 radical (unpaired) electrons. The van der Waals surface area contributed by atoms with Gasteiger partial charge in [-0.2, -0.15) is 0 Å². The van der Waals surface area contributed by atoms with Crippen LogP contribution in [0.1, 0.15) is 17.2 Å². The first-order chi connectivity index (χ1) is 7.83. The highest BCUT2D eigenvalue weighted by Crippen LogP contribution is 2.39. The highest BCUT2D eigenvalue weighted by molar-refractivity contribution is 7.50. The van der Waals surface area contributed by atoms with Crippen LogP contribution in [0.4, 0.5) is 0 Å². The van der Waals surface area contributed by atoms with Crippen LogP contribution in [0.25, 0.3) is 0 Å². The molecule has 7 heteroatoms. The van der Waals surface area contributed by atoms with Crippen molar-refractivity contribution in [2.24, 2.45) is 0 Å². The number of benzene rings is 1. The molecule has 94 valence electrons. The number of aliphatic carboxylic acids is 1. The van der Waals surface area contributed by atoms with Crippen molar-refractivity contribution in [1.82, 2.24) is 5.32 Å². The van der Waals surface area contributed by atoms with Gasteiger partial charge in [-0.15, -0.1) is 0 Å². The summed E-state index contributed by atoms with van der Waals surface area (Å²) in [7, 11) is -2.55. The second-order valence-electron chi connectivity index (χ2n) is 3.62. The summed E-state index contributed by atoms with van der Waals surface area (Å²) in [6, 6.07) is 5.29. The van der Waals surface area contributed by atoms with E-state index < -0.39 is 19.6 Å². The molecule has 17 heavy (non-hydrogen) atoms. The second kappa shape index (κ2) is 5.42. The monoisotopic (exact) mass is 259 g/mol. The molecule has 1 rings (SSSR count). The molecule has 0 aliphatic carbocycles. The number of carboxylic acid groups (broad SMARTS) is 1. The largest absolute Gasteiger partial charge is 0.480 e. The molecule has 0 spiro atoms. The van der Waals surface area contributed by atoms with Gasteiger partial charge in [-0.3, -0.25) is 9.36 Å². The van der Waals surface area contributed by atoms with Crippen molar-refractivity contribution in [3.8, 4) is 0 Å². The minimum absolute atomic E-state index is 0.343.